The number of amides is 1. The van der Waals surface area contributed by atoms with E-state index in [1.165, 1.54) is 12.1 Å². The van der Waals surface area contributed by atoms with Gasteiger partial charge in [-0.25, -0.2) is 8.42 Å². The summed E-state index contributed by atoms with van der Waals surface area (Å²) in [5, 5.41) is 6.69. The van der Waals surface area contributed by atoms with E-state index in [0.29, 0.717) is 11.3 Å². The van der Waals surface area contributed by atoms with Crippen LogP contribution in [0.5, 0.6) is 0 Å². The van der Waals surface area contributed by atoms with Crippen molar-refractivity contribution < 1.29 is 13.2 Å². The summed E-state index contributed by atoms with van der Waals surface area (Å²) in [4.78, 5) is 12.8. The van der Waals surface area contributed by atoms with Gasteiger partial charge in [0.1, 0.15) is 0 Å². The van der Waals surface area contributed by atoms with Crippen molar-refractivity contribution >= 4 is 21.6 Å². The molecular weight excluding hydrogens is 386 g/mol. The first-order valence-corrected chi connectivity index (χ1v) is 11.2. The Morgan fingerprint density at radius 3 is 2.03 bits per heavy atom. The van der Waals surface area contributed by atoms with Crippen molar-refractivity contribution in [2.75, 3.05) is 4.72 Å². The Morgan fingerprint density at radius 2 is 1.48 bits per heavy atom. The molecule has 1 amide bonds. The Bertz CT molecular complexity index is 952. The summed E-state index contributed by atoms with van der Waals surface area (Å²) in [6.45, 7) is 8.53. The molecule has 1 heterocycles. The van der Waals surface area contributed by atoms with E-state index in [4.69, 9.17) is 0 Å². The van der Waals surface area contributed by atoms with Gasteiger partial charge in [-0.05, 0) is 76.9 Å². The smallest absolute Gasteiger partial charge is 0.261 e. The van der Waals surface area contributed by atoms with Gasteiger partial charge in [0.2, 0.25) is 0 Å². The number of hydrogen-bond acceptors (Lipinski definition) is 4. The molecule has 7 heteroatoms. The molecule has 0 spiro atoms. The van der Waals surface area contributed by atoms with Crippen LogP contribution in [0.2, 0.25) is 0 Å². The lowest BCUT2D eigenvalue weighted by atomic mass is 9.79. The molecule has 2 aromatic carbocycles. The zero-order valence-electron chi connectivity index (χ0n) is 17.3. The molecule has 0 saturated carbocycles. The van der Waals surface area contributed by atoms with Crippen LogP contribution in [0.4, 0.5) is 5.69 Å². The molecule has 0 atom stereocenters. The predicted molar refractivity (Wildman–Crippen MR) is 115 cm³/mol. The van der Waals surface area contributed by atoms with Crippen molar-refractivity contribution in [1.29, 1.82) is 0 Å². The quantitative estimate of drug-likeness (QED) is 0.697. The Balaban J connectivity index is 1.69. The Kier molecular flexibility index (Phi) is 5.74. The number of hydrogen-bond donors (Lipinski definition) is 3. The van der Waals surface area contributed by atoms with Crippen LogP contribution in [-0.2, 0) is 10.0 Å². The molecule has 0 unspecified atom stereocenters. The molecule has 3 N–H and O–H groups in total. The minimum absolute atomic E-state index is 0.0527. The molecule has 1 aliphatic rings. The van der Waals surface area contributed by atoms with Crippen molar-refractivity contribution in [3.63, 3.8) is 0 Å². The second kappa shape index (κ2) is 7.80. The summed E-state index contributed by atoms with van der Waals surface area (Å²) in [6, 6.07) is 14.8. The number of piperidine rings is 1. The fourth-order valence-electron chi connectivity index (χ4n) is 4.20. The van der Waals surface area contributed by atoms with Gasteiger partial charge in [-0.2, -0.15) is 0 Å². The van der Waals surface area contributed by atoms with Crippen molar-refractivity contribution in [2.24, 2.45) is 0 Å². The molecule has 3 rings (SSSR count). The van der Waals surface area contributed by atoms with E-state index in [0.717, 1.165) is 12.8 Å². The molecule has 156 valence electrons. The molecule has 2 aromatic rings. The molecule has 0 radical (unpaired) electrons. The maximum atomic E-state index is 12.7. The first-order valence-electron chi connectivity index (χ1n) is 9.74. The van der Waals surface area contributed by atoms with Crippen LogP contribution >= 0.6 is 0 Å². The molecule has 1 saturated heterocycles. The van der Waals surface area contributed by atoms with Crippen molar-refractivity contribution in [2.45, 2.75) is 62.6 Å². The first-order chi connectivity index (χ1) is 13.5. The van der Waals surface area contributed by atoms with Gasteiger partial charge in [-0.3, -0.25) is 9.52 Å². The van der Waals surface area contributed by atoms with Crippen LogP contribution in [0.15, 0.2) is 59.5 Å². The van der Waals surface area contributed by atoms with Crippen LogP contribution in [-0.4, -0.2) is 31.4 Å². The predicted octanol–water partition coefficient (Wildman–Crippen LogP) is 3.53. The maximum Gasteiger partial charge on any atom is 0.261 e. The molecule has 0 aromatic heterocycles. The molecule has 29 heavy (non-hydrogen) atoms. The van der Waals surface area contributed by atoms with E-state index < -0.39 is 10.0 Å². The molecule has 1 fully saturated rings. The SMILES string of the molecule is CC1(C)CC(NC(=O)c2ccc(S(=O)(=O)Nc3ccccc3)cc2)CC(C)(C)N1. The normalized spacial score (nSPS) is 18.8. The fourth-order valence-corrected chi connectivity index (χ4v) is 5.26. The molecular formula is C22H29N3O3S. The van der Waals surface area contributed by atoms with E-state index in [1.807, 2.05) is 6.07 Å². The number of sulfonamides is 1. The van der Waals surface area contributed by atoms with Gasteiger partial charge in [-0.1, -0.05) is 18.2 Å². The minimum atomic E-state index is -3.70. The van der Waals surface area contributed by atoms with Crippen LogP contribution < -0.4 is 15.4 Å². The second-order valence-electron chi connectivity index (χ2n) is 8.97. The van der Waals surface area contributed by atoms with E-state index in [1.54, 1.807) is 36.4 Å². The van der Waals surface area contributed by atoms with Gasteiger partial charge < -0.3 is 10.6 Å². The number of benzene rings is 2. The van der Waals surface area contributed by atoms with Crippen LogP contribution in [0, 0.1) is 0 Å². The topological polar surface area (TPSA) is 87.3 Å². The average Bonchev–Trinajstić information content (AvgIpc) is 2.59. The minimum Gasteiger partial charge on any atom is -0.349 e. The molecule has 0 aliphatic carbocycles. The first kappa shape index (κ1) is 21.3. The average molecular weight is 416 g/mol. The van der Waals surface area contributed by atoms with Gasteiger partial charge in [0.25, 0.3) is 15.9 Å². The third kappa shape index (κ3) is 5.58. The maximum absolute atomic E-state index is 12.7. The number of para-hydroxylation sites is 1. The van der Waals surface area contributed by atoms with Gasteiger partial charge >= 0.3 is 0 Å². The van der Waals surface area contributed by atoms with Crippen molar-refractivity contribution in [3.8, 4) is 0 Å². The van der Waals surface area contributed by atoms with Crippen molar-refractivity contribution in [3.05, 3.63) is 60.2 Å². The molecule has 1 aliphatic heterocycles. The number of anilines is 1. The number of nitrogens with one attached hydrogen (secondary N) is 3. The van der Waals surface area contributed by atoms with Gasteiger partial charge in [-0.15, -0.1) is 0 Å². The van der Waals surface area contributed by atoms with Crippen LogP contribution in [0.25, 0.3) is 0 Å². The second-order valence-corrected chi connectivity index (χ2v) is 10.6. The van der Waals surface area contributed by atoms with Crippen molar-refractivity contribution in [1.82, 2.24) is 10.6 Å². The van der Waals surface area contributed by atoms with Crippen LogP contribution in [0.1, 0.15) is 50.9 Å². The highest BCUT2D eigenvalue weighted by molar-refractivity contribution is 7.92. The summed E-state index contributed by atoms with van der Waals surface area (Å²) >= 11 is 0. The number of rotatable bonds is 5. The number of carbonyl (C=O) groups is 1. The monoisotopic (exact) mass is 415 g/mol. The Labute approximate surface area is 173 Å². The molecule has 0 bridgehead atoms. The van der Waals surface area contributed by atoms with Gasteiger partial charge in [0.05, 0.1) is 4.90 Å². The lowest BCUT2D eigenvalue weighted by Gasteiger charge is -2.46. The zero-order chi connectivity index (χ0) is 21.3. The standard InChI is InChI=1S/C22H29N3O3S/c1-21(2)14-18(15-22(3,4)25-21)23-20(26)16-10-12-19(13-11-16)29(27,28)24-17-8-6-5-7-9-17/h5-13,18,24-25H,14-15H2,1-4H3,(H,23,26). The summed E-state index contributed by atoms with van der Waals surface area (Å²) in [7, 11) is -3.70. The lowest BCUT2D eigenvalue weighted by Crippen LogP contribution is -2.62. The fraction of sp³-hybridized carbons (Fsp3) is 0.409. The lowest BCUT2D eigenvalue weighted by molar-refractivity contribution is 0.0873. The largest absolute Gasteiger partial charge is 0.349 e. The highest BCUT2D eigenvalue weighted by Crippen LogP contribution is 2.28. The summed E-state index contributed by atoms with van der Waals surface area (Å²) in [5.41, 5.74) is 0.796. The summed E-state index contributed by atoms with van der Waals surface area (Å²) in [6.07, 6.45) is 1.66. The van der Waals surface area contributed by atoms with E-state index in [-0.39, 0.29) is 27.9 Å². The highest BCUT2D eigenvalue weighted by Gasteiger charge is 2.38. The van der Waals surface area contributed by atoms with E-state index in [2.05, 4.69) is 43.1 Å². The van der Waals surface area contributed by atoms with Gasteiger partial charge in [0.15, 0.2) is 0 Å². The zero-order valence-corrected chi connectivity index (χ0v) is 18.1. The van der Waals surface area contributed by atoms with Gasteiger partial charge in [0, 0.05) is 28.4 Å². The van der Waals surface area contributed by atoms with E-state index >= 15 is 0 Å². The summed E-state index contributed by atoms with van der Waals surface area (Å²) < 4.78 is 27.6. The van der Waals surface area contributed by atoms with Crippen LogP contribution in [0.3, 0.4) is 0 Å². The highest BCUT2D eigenvalue weighted by atomic mass is 32.2. The molecule has 6 nitrogen and oxygen atoms in total. The summed E-state index contributed by atoms with van der Waals surface area (Å²) in [5.74, 6) is -0.191. The Hall–Kier alpha value is -2.38. The van der Waals surface area contributed by atoms with E-state index in [9.17, 15) is 13.2 Å². The third-order valence-electron chi connectivity index (χ3n) is 4.98. The number of carbonyl (C=O) groups excluding carboxylic acids is 1. The third-order valence-corrected chi connectivity index (χ3v) is 6.38. The Morgan fingerprint density at radius 1 is 0.931 bits per heavy atom.